The minimum Gasteiger partial charge on any atom is -0.397 e. The quantitative estimate of drug-likeness (QED) is 0.764. The van der Waals surface area contributed by atoms with Crippen LogP contribution in [0.4, 0.5) is 11.5 Å². The van der Waals surface area contributed by atoms with Crippen molar-refractivity contribution in [2.45, 2.75) is 19.4 Å². The second kappa shape index (κ2) is 4.28. The van der Waals surface area contributed by atoms with Crippen LogP contribution in [-0.2, 0) is 4.74 Å². The molecule has 0 bridgehead atoms. The van der Waals surface area contributed by atoms with Crippen molar-refractivity contribution >= 4 is 11.5 Å². The maximum atomic E-state index is 5.53. The van der Waals surface area contributed by atoms with Gasteiger partial charge in [0.25, 0.3) is 0 Å². The van der Waals surface area contributed by atoms with Crippen molar-refractivity contribution in [1.29, 1.82) is 0 Å². The van der Waals surface area contributed by atoms with Crippen LogP contribution in [0.5, 0.6) is 0 Å². The summed E-state index contributed by atoms with van der Waals surface area (Å²) >= 11 is 0. The normalized spacial score (nSPS) is 11.4. The number of aromatic nitrogens is 1. The highest BCUT2D eigenvalue weighted by atomic mass is 16.5. The van der Waals surface area contributed by atoms with E-state index in [1.54, 1.807) is 13.3 Å². The molecule has 0 atom stereocenters. The van der Waals surface area contributed by atoms with Gasteiger partial charge >= 0.3 is 0 Å². The second-order valence-corrected chi connectivity index (χ2v) is 3.92. The molecule has 0 radical (unpaired) electrons. The lowest BCUT2D eigenvalue weighted by Gasteiger charge is -2.25. The van der Waals surface area contributed by atoms with Gasteiger partial charge in [0.15, 0.2) is 0 Å². The fourth-order valence-corrected chi connectivity index (χ4v) is 1.22. The molecule has 0 aliphatic heterocycles. The first-order valence-electron chi connectivity index (χ1n) is 4.52. The van der Waals surface area contributed by atoms with Crippen LogP contribution in [0.15, 0.2) is 18.3 Å². The summed E-state index contributed by atoms with van der Waals surface area (Å²) in [6, 6.07) is 3.67. The van der Waals surface area contributed by atoms with Crippen molar-refractivity contribution in [3.8, 4) is 0 Å². The number of nitrogens with zero attached hydrogens (tertiary/aromatic N) is 1. The van der Waals surface area contributed by atoms with E-state index in [9.17, 15) is 0 Å². The number of hydrogen-bond acceptors (Lipinski definition) is 4. The van der Waals surface area contributed by atoms with E-state index < -0.39 is 0 Å². The predicted molar refractivity (Wildman–Crippen MR) is 58.2 cm³/mol. The summed E-state index contributed by atoms with van der Waals surface area (Å²) in [6.07, 6.45) is 1.63. The third-order valence-corrected chi connectivity index (χ3v) is 1.76. The Morgan fingerprint density at radius 3 is 2.71 bits per heavy atom. The smallest absolute Gasteiger partial charge is 0.126 e. The summed E-state index contributed by atoms with van der Waals surface area (Å²) in [5, 5.41) is 3.25. The summed E-state index contributed by atoms with van der Waals surface area (Å²) in [7, 11) is 1.68. The number of methoxy groups -OCH3 is 1. The Hall–Kier alpha value is -1.29. The monoisotopic (exact) mass is 195 g/mol. The maximum Gasteiger partial charge on any atom is 0.126 e. The number of anilines is 2. The minimum absolute atomic E-state index is 0.127. The Labute approximate surface area is 84.5 Å². The van der Waals surface area contributed by atoms with Gasteiger partial charge in [0, 0.05) is 7.11 Å². The van der Waals surface area contributed by atoms with E-state index in [1.165, 1.54) is 0 Å². The van der Waals surface area contributed by atoms with Gasteiger partial charge in [0.2, 0.25) is 0 Å². The van der Waals surface area contributed by atoms with Crippen molar-refractivity contribution < 1.29 is 4.74 Å². The van der Waals surface area contributed by atoms with Gasteiger partial charge in [-0.3, -0.25) is 0 Å². The van der Waals surface area contributed by atoms with Crippen LogP contribution in [0.3, 0.4) is 0 Å². The average Bonchev–Trinajstić information content (AvgIpc) is 2.08. The zero-order valence-corrected chi connectivity index (χ0v) is 8.87. The maximum absolute atomic E-state index is 5.53. The molecular formula is C10H17N3O. The van der Waals surface area contributed by atoms with Crippen molar-refractivity contribution in [1.82, 2.24) is 4.98 Å². The molecule has 1 aromatic heterocycles. The molecule has 0 aliphatic carbocycles. The summed E-state index contributed by atoms with van der Waals surface area (Å²) < 4.78 is 5.09. The number of hydrogen-bond donors (Lipinski definition) is 2. The molecule has 14 heavy (non-hydrogen) atoms. The molecule has 0 saturated carbocycles. The van der Waals surface area contributed by atoms with Crippen LogP contribution in [0, 0.1) is 0 Å². The second-order valence-electron chi connectivity index (χ2n) is 3.92. The number of ether oxygens (including phenoxy) is 1. The first-order chi connectivity index (χ1) is 6.53. The lowest BCUT2D eigenvalue weighted by molar-refractivity contribution is 0.158. The molecule has 4 heteroatoms. The fourth-order valence-electron chi connectivity index (χ4n) is 1.22. The molecule has 0 fully saturated rings. The molecule has 4 nitrogen and oxygen atoms in total. The molecule has 78 valence electrons. The van der Waals surface area contributed by atoms with Gasteiger partial charge in [0.1, 0.15) is 5.82 Å². The van der Waals surface area contributed by atoms with Crippen molar-refractivity contribution in [2.24, 2.45) is 0 Å². The largest absolute Gasteiger partial charge is 0.397 e. The molecule has 0 aliphatic rings. The Balaban J connectivity index is 2.64. The molecule has 1 heterocycles. The standard InChI is InChI=1S/C10H17N3O/c1-10(2,7-14-3)13-9-5-4-8(11)6-12-9/h4-6H,7,11H2,1-3H3,(H,12,13). The molecule has 1 rings (SSSR count). The van der Waals surface area contributed by atoms with Crippen molar-refractivity contribution in [2.75, 3.05) is 24.8 Å². The zero-order valence-electron chi connectivity index (χ0n) is 8.87. The SMILES string of the molecule is COCC(C)(C)Nc1ccc(N)cn1. The summed E-state index contributed by atoms with van der Waals surface area (Å²) in [5.41, 5.74) is 6.07. The van der Waals surface area contributed by atoms with Gasteiger partial charge in [-0.2, -0.15) is 0 Å². The Bertz CT molecular complexity index is 282. The summed E-state index contributed by atoms with van der Waals surface area (Å²) in [5.74, 6) is 0.807. The lowest BCUT2D eigenvalue weighted by Crippen LogP contribution is -2.36. The highest BCUT2D eigenvalue weighted by Gasteiger charge is 2.17. The van der Waals surface area contributed by atoms with E-state index in [1.807, 2.05) is 12.1 Å². The number of rotatable bonds is 4. The van der Waals surface area contributed by atoms with Crippen molar-refractivity contribution in [3.63, 3.8) is 0 Å². The van der Waals surface area contributed by atoms with E-state index >= 15 is 0 Å². The van der Waals surface area contributed by atoms with Crippen molar-refractivity contribution in [3.05, 3.63) is 18.3 Å². The van der Waals surface area contributed by atoms with E-state index in [4.69, 9.17) is 10.5 Å². The van der Waals surface area contributed by atoms with Crippen LogP contribution in [0.1, 0.15) is 13.8 Å². The third kappa shape index (κ3) is 3.22. The van der Waals surface area contributed by atoms with E-state index in [0.29, 0.717) is 12.3 Å². The van der Waals surface area contributed by atoms with E-state index in [-0.39, 0.29) is 5.54 Å². The molecule has 0 amide bonds. The zero-order chi connectivity index (χ0) is 10.6. The summed E-state index contributed by atoms with van der Waals surface area (Å²) in [6.45, 7) is 4.72. The van der Waals surface area contributed by atoms with Gasteiger partial charge in [-0.1, -0.05) is 0 Å². The van der Waals surface area contributed by atoms with Gasteiger partial charge in [-0.25, -0.2) is 4.98 Å². The molecule has 0 unspecified atom stereocenters. The van der Waals surface area contributed by atoms with Crippen LogP contribution >= 0.6 is 0 Å². The van der Waals surface area contributed by atoms with Crippen LogP contribution < -0.4 is 11.1 Å². The predicted octanol–water partition coefficient (Wildman–Crippen LogP) is 1.50. The van der Waals surface area contributed by atoms with Gasteiger partial charge in [-0.15, -0.1) is 0 Å². The van der Waals surface area contributed by atoms with E-state index in [0.717, 1.165) is 5.82 Å². The highest BCUT2D eigenvalue weighted by Crippen LogP contribution is 2.13. The Morgan fingerprint density at radius 1 is 1.50 bits per heavy atom. The number of nitrogen functional groups attached to an aromatic ring is 1. The molecule has 0 saturated heterocycles. The fraction of sp³-hybridized carbons (Fsp3) is 0.500. The lowest BCUT2D eigenvalue weighted by atomic mass is 10.1. The molecular weight excluding hydrogens is 178 g/mol. The van der Waals surface area contributed by atoms with Gasteiger partial charge in [-0.05, 0) is 26.0 Å². The first-order valence-corrected chi connectivity index (χ1v) is 4.52. The number of nitrogens with two attached hydrogens (primary N) is 1. The van der Waals surface area contributed by atoms with E-state index in [2.05, 4.69) is 24.1 Å². The first kappa shape index (κ1) is 10.8. The number of nitrogens with one attached hydrogen (secondary N) is 1. The van der Waals surface area contributed by atoms with Crippen LogP contribution in [-0.4, -0.2) is 24.2 Å². The van der Waals surface area contributed by atoms with Gasteiger partial charge < -0.3 is 15.8 Å². The van der Waals surface area contributed by atoms with Crippen LogP contribution in [0.25, 0.3) is 0 Å². The molecule has 0 aromatic carbocycles. The highest BCUT2D eigenvalue weighted by molar-refractivity contribution is 5.44. The van der Waals surface area contributed by atoms with Crippen LogP contribution in [0.2, 0.25) is 0 Å². The third-order valence-electron chi connectivity index (χ3n) is 1.76. The average molecular weight is 195 g/mol. The minimum atomic E-state index is -0.127. The topological polar surface area (TPSA) is 60.2 Å². The molecule has 0 spiro atoms. The number of pyridine rings is 1. The summed E-state index contributed by atoms with van der Waals surface area (Å²) in [4.78, 5) is 4.15. The Kier molecular flexibility index (Phi) is 3.30. The van der Waals surface area contributed by atoms with Gasteiger partial charge in [0.05, 0.1) is 24.0 Å². The molecule has 3 N–H and O–H groups in total. The molecule has 1 aromatic rings. The Morgan fingerprint density at radius 2 is 2.21 bits per heavy atom.